The molecular weight excluding hydrogens is 619 g/mol. The van der Waals surface area contributed by atoms with E-state index in [-0.39, 0.29) is 5.41 Å². The van der Waals surface area contributed by atoms with Crippen molar-refractivity contribution in [2.45, 2.75) is 19.3 Å². The molecule has 0 amide bonds. The molecule has 1 aromatic heterocycles. The highest BCUT2D eigenvalue weighted by Crippen LogP contribution is 2.49. The van der Waals surface area contributed by atoms with Gasteiger partial charge in [-0.05, 0) is 90.0 Å². The van der Waals surface area contributed by atoms with Gasteiger partial charge in [0.1, 0.15) is 0 Å². The highest BCUT2D eigenvalue weighted by Gasteiger charge is 2.35. The Balaban J connectivity index is 1.11. The Morgan fingerprint density at radius 3 is 1.53 bits per heavy atom. The first kappa shape index (κ1) is 29.5. The zero-order valence-corrected chi connectivity index (χ0v) is 28.4. The van der Waals surface area contributed by atoms with Gasteiger partial charge in [-0.15, -0.1) is 0 Å². The minimum absolute atomic E-state index is 0.00924. The standard InChI is InChI=1S/C48H33N3/c1-48(2)43-17-8-7-15-40(43)42-29-35(23-25-44(42)48)34-22-24-39-36(26-34)14-9-16-41(39)47-50-45(37-20-18-30-10-3-5-12-32(30)27-37)49-46(51-47)38-21-19-31-11-4-6-13-33(31)28-38/h3-29H,1-2H3. The van der Waals surface area contributed by atoms with Crippen LogP contribution in [0, 0.1) is 0 Å². The van der Waals surface area contributed by atoms with Crippen molar-refractivity contribution in [3.63, 3.8) is 0 Å². The Kier molecular flexibility index (Phi) is 6.53. The van der Waals surface area contributed by atoms with Gasteiger partial charge in [0.25, 0.3) is 0 Å². The first-order valence-electron chi connectivity index (χ1n) is 17.5. The molecule has 10 rings (SSSR count). The summed E-state index contributed by atoms with van der Waals surface area (Å²) in [5.74, 6) is 1.97. The molecule has 1 aliphatic rings. The molecule has 0 radical (unpaired) electrons. The molecule has 1 heterocycles. The SMILES string of the molecule is CC1(C)c2ccccc2-c2cc(-c3ccc4c(-c5nc(-c6ccc7ccccc7c6)nc(-c6ccc7ccccc7c6)n5)cccc4c3)ccc21. The molecule has 0 N–H and O–H groups in total. The fourth-order valence-corrected chi connectivity index (χ4v) is 7.97. The monoisotopic (exact) mass is 651 g/mol. The first-order chi connectivity index (χ1) is 25.0. The van der Waals surface area contributed by atoms with Gasteiger partial charge in [-0.2, -0.15) is 0 Å². The molecule has 1 aliphatic carbocycles. The van der Waals surface area contributed by atoms with Crippen LogP contribution >= 0.6 is 0 Å². The maximum absolute atomic E-state index is 5.15. The van der Waals surface area contributed by atoms with E-state index in [1.807, 2.05) is 0 Å². The first-order valence-corrected chi connectivity index (χ1v) is 17.5. The second kappa shape index (κ2) is 11.3. The highest BCUT2D eigenvalue weighted by molar-refractivity contribution is 5.98. The Morgan fingerprint density at radius 1 is 0.333 bits per heavy atom. The van der Waals surface area contributed by atoms with Crippen molar-refractivity contribution in [2.75, 3.05) is 0 Å². The number of fused-ring (bicyclic) bond motifs is 6. The highest BCUT2D eigenvalue weighted by atomic mass is 15.0. The van der Waals surface area contributed by atoms with Gasteiger partial charge in [0.05, 0.1) is 0 Å². The molecule has 0 atom stereocenters. The van der Waals surface area contributed by atoms with Gasteiger partial charge in [-0.3, -0.25) is 0 Å². The average Bonchev–Trinajstić information content (AvgIpc) is 3.42. The lowest BCUT2D eigenvalue weighted by Gasteiger charge is -2.21. The quantitative estimate of drug-likeness (QED) is 0.190. The lowest BCUT2D eigenvalue weighted by Crippen LogP contribution is -2.14. The number of benzene rings is 8. The Bertz CT molecular complexity index is 2750. The lowest BCUT2D eigenvalue weighted by molar-refractivity contribution is 0.660. The van der Waals surface area contributed by atoms with Crippen LogP contribution in [0.5, 0.6) is 0 Å². The molecule has 3 heteroatoms. The van der Waals surface area contributed by atoms with E-state index in [1.54, 1.807) is 0 Å². The summed E-state index contributed by atoms with van der Waals surface area (Å²) in [5, 5.41) is 6.93. The van der Waals surface area contributed by atoms with Crippen LogP contribution in [0.25, 0.3) is 88.7 Å². The molecule has 0 bridgehead atoms. The number of hydrogen-bond donors (Lipinski definition) is 0. The van der Waals surface area contributed by atoms with E-state index in [1.165, 1.54) is 44.2 Å². The summed E-state index contributed by atoms with van der Waals surface area (Å²) in [6.07, 6.45) is 0. The second-order valence-corrected chi connectivity index (χ2v) is 14.1. The molecule has 0 saturated heterocycles. The average molecular weight is 652 g/mol. The van der Waals surface area contributed by atoms with Crippen molar-refractivity contribution in [3.05, 3.63) is 175 Å². The minimum atomic E-state index is -0.00924. The molecule has 0 saturated carbocycles. The molecule has 0 aliphatic heterocycles. The molecule has 0 spiro atoms. The van der Waals surface area contributed by atoms with Gasteiger partial charge in [0.15, 0.2) is 17.5 Å². The summed E-state index contributed by atoms with van der Waals surface area (Å²) in [7, 11) is 0. The van der Waals surface area contributed by atoms with Crippen molar-refractivity contribution in [2.24, 2.45) is 0 Å². The van der Waals surface area contributed by atoms with E-state index >= 15 is 0 Å². The molecule has 0 unspecified atom stereocenters. The molecule has 3 nitrogen and oxygen atoms in total. The van der Waals surface area contributed by atoms with Gasteiger partial charge in [0.2, 0.25) is 0 Å². The van der Waals surface area contributed by atoms with Crippen molar-refractivity contribution in [1.82, 2.24) is 15.0 Å². The molecule has 51 heavy (non-hydrogen) atoms. The van der Waals surface area contributed by atoms with Gasteiger partial charge in [0, 0.05) is 22.1 Å². The van der Waals surface area contributed by atoms with Gasteiger partial charge < -0.3 is 0 Å². The van der Waals surface area contributed by atoms with Crippen LogP contribution in [0.3, 0.4) is 0 Å². The van der Waals surface area contributed by atoms with Crippen LogP contribution in [0.2, 0.25) is 0 Å². The summed E-state index contributed by atoms with van der Waals surface area (Å²) >= 11 is 0. The molecule has 240 valence electrons. The van der Waals surface area contributed by atoms with Gasteiger partial charge in [-0.25, -0.2) is 15.0 Å². The van der Waals surface area contributed by atoms with Crippen LogP contribution in [0.4, 0.5) is 0 Å². The Labute approximate surface area is 297 Å². The predicted octanol–water partition coefficient (Wildman–Crippen LogP) is 12.3. The minimum Gasteiger partial charge on any atom is -0.208 e. The molecular formula is C48H33N3. The number of rotatable bonds is 4. The molecule has 8 aromatic carbocycles. The maximum Gasteiger partial charge on any atom is 0.164 e. The van der Waals surface area contributed by atoms with E-state index in [4.69, 9.17) is 15.0 Å². The smallest absolute Gasteiger partial charge is 0.164 e. The third kappa shape index (κ3) is 4.85. The van der Waals surface area contributed by atoms with Crippen molar-refractivity contribution in [1.29, 1.82) is 0 Å². The third-order valence-corrected chi connectivity index (χ3v) is 10.7. The maximum atomic E-state index is 5.15. The summed E-state index contributed by atoms with van der Waals surface area (Å²) in [5.41, 5.74) is 10.7. The summed E-state index contributed by atoms with van der Waals surface area (Å²) in [6, 6.07) is 58.6. The zero-order valence-electron chi connectivity index (χ0n) is 28.4. The number of aromatic nitrogens is 3. The Morgan fingerprint density at radius 2 is 0.824 bits per heavy atom. The van der Waals surface area contributed by atoms with Crippen LogP contribution in [0.1, 0.15) is 25.0 Å². The van der Waals surface area contributed by atoms with Crippen molar-refractivity contribution in [3.8, 4) is 56.4 Å². The number of nitrogens with zero attached hydrogens (tertiary/aromatic N) is 3. The van der Waals surface area contributed by atoms with E-state index < -0.39 is 0 Å². The normalized spacial score (nSPS) is 13.1. The van der Waals surface area contributed by atoms with Crippen LogP contribution < -0.4 is 0 Å². The molecule has 0 fully saturated rings. The number of hydrogen-bond acceptors (Lipinski definition) is 3. The lowest BCUT2D eigenvalue weighted by atomic mass is 9.82. The fourth-order valence-electron chi connectivity index (χ4n) is 7.97. The van der Waals surface area contributed by atoms with Crippen molar-refractivity contribution < 1.29 is 0 Å². The van der Waals surface area contributed by atoms with Crippen LogP contribution in [-0.4, -0.2) is 15.0 Å². The van der Waals surface area contributed by atoms with Gasteiger partial charge >= 0.3 is 0 Å². The third-order valence-electron chi connectivity index (χ3n) is 10.7. The van der Waals surface area contributed by atoms with Gasteiger partial charge in [-0.1, -0.05) is 153 Å². The van der Waals surface area contributed by atoms with E-state index in [0.29, 0.717) is 17.5 Å². The fraction of sp³-hybridized carbons (Fsp3) is 0.0625. The van der Waals surface area contributed by atoms with Crippen LogP contribution in [0.15, 0.2) is 164 Å². The van der Waals surface area contributed by atoms with E-state index in [9.17, 15) is 0 Å². The van der Waals surface area contributed by atoms with Crippen LogP contribution in [-0.2, 0) is 5.41 Å². The topological polar surface area (TPSA) is 38.7 Å². The zero-order chi connectivity index (χ0) is 34.1. The largest absolute Gasteiger partial charge is 0.208 e. The summed E-state index contributed by atoms with van der Waals surface area (Å²) in [4.78, 5) is 15.4. The van der Waals surface area contributed by atoms with E-state index in [2.05, 4.69) is 178 Å². The van der Waals surface area contributed by atoms with E-state index in [0.717, 1.165) is 38.2 Å². The predicted molar refractivity (Wildman–Crippen MR) is 212 cm³/mol. The molecule has 9 aromatic rings. The Hall–Kier alpha value is -6.45. The second-order valence-electron chi connectivity index (χ2n) is 14.1. The summed E-state index contributed by atoms with van der Waals surface area (Å²) < 4.78 is 0. The van der Waals surface area contributed by atoms with Crippen molar-refractivity contribution >= 4 is 32.3 Å². The summed E-state index contributed by atoms with van der Waals surface area (Å²) in [6.45, 7) is 4.65.